The molecule has 0 aromatic rings. The van der Waals surface area contributed by atoms with Gasteiger partial charge in [-0.2, -0.15) is 0 Å². The molecule has 0 heterocycles. The molecule has 1 fully saturated rings. The first-order valence-electron chi connectivity index (χ1n) is 23.9. The number of allylic oxidation sites excluding steroid dienone is 8. The van der Waals surface area contributed by atoms with Crippen molar-refractivity contribution < 1.29 is 63.1 Å². The number of esters is 2. The van der Waals surface area contributed by atoms with Gasteiger partial charge in [0.2, 0.25) is 0 Å². The highest BCUT2D eigenvalue weighted by atomic mass is 31.2. The number of carbonyl (C=O) groups excluding carboxylic acids is 2. The normalized spacial score (nSPS) is 22.3. The van der Waals surface area contributed by atoms with Crippen LogP contribution in [0.25, 0.3) is 0 Å². The van der Waals surface area contributed by atoms with Gasteiger partial charge in [0.25, 0.3) is 0 Å². The smallest absolute Gasteiger partial charge is 0.462 e. The lowest BCUT2D eigenvalue weighted by molar-refractivity contribution is -0.220. The Morgan fingerprint density at radius 3 is 1.37 bits per heavy atom. The number of phosphoric ester groups is 1. The van der Waals surface area contributed by atoms with Crippen molar-refractivity contribution >= 4 is 19.8 Å². The highest BCUT2D eigenvalue weighted by Crippen LogP contribution is 2.47. The van der Waals surface area contributed by atoms with E-state index in [1.807, 2.05) is 12.2 Å². The van der Waals surface area contributed by atoms with E-state index in [0.717, 1.165) is 51.4 Å². The first kappa shape index (κ1) is 57.8. The second-order valence-corrected chi connectivity index (χ2v) is 18.0. The number of ether oxygens (including phenoxy) is 2. The SMILES string of the molecule is CCCCC/C=C\C/C=C\C/C=C\C/C=C\CCCC(=O)OC[C@H](COP(=O)(O)OC1C(O)C(O)C(O)[C@@H](O)C1O)OC(=O)CCCCCCCCCCCCCCCCCC. The molecule has 6 N–H and O–H groups in total. The molecule has 0 aromatic heterocycles. The van der Waals surface area contributed by atoms with Crippen molar-refractivity contribution in [2.75, 3.05) is 13.2 Å². The third-order valence-electron chi connectivity index (χ3n) is 10.9. The predicted octanol–water partition coefficient (Wildman–Crippen LogP) is 9.56. The van der Waals surface area contributed by atoms with Gasteiger partial charge in [0.15, 0.2) is 6.10 Å². The van der Waals surface area contributed by atoms with Crippen LogP contribution in [0.4, 0.5) is 0 Å². The Kier molecular flexibility index (Phi) is 35.5. The second-order valence-electron chi connectivity index (χ2n) is 16.6. The van der Waals surface area contributed by atoms with Crippen molar-refractivity contribution in [1.82, 2.24) is 0 Å². The van der Waals surface area contributed by atoms with Crippen LogP contribution in [-0.2, 0) is 32.7 Å². The second kappa shape index (κ2) is 38.1. The fourth-order valence-electron chi connectivity index (χ4n) is 7.04. The lowest BCUT2D eigenvalue weighted by Gasteiger charge is -2.41. The fraction of sp³-hybridized carbons (Fsp3) is 0.792. The Balaban J connectivity index is 2.48. The number of carbonyl (C=O) groups is 2. The van der Waals surface area contributed by atoms with E-state index in [4.69, 9.17) is 18.5 Å². The number of phosphoric acid groups is 1. The van der Waals surface area contributed by atoms with Crippen LogP contribution in [0.1, 0.15) is 187 Å². The van der Waals surface area contributed by atoms with Crippen LogP contribution in [0.5, 0.6) is 0 Å². The number of hydrogen-bond acceptors (Lipinski definition) is 12. The summed E-state index contributed by atoms with van der Waals surface area (Å²) < 4.78 is 33.5. The van der Waals surface area contributed by atoms with Crippen molar-refractivity contribution in [3.63, 3.8) is 0 Å². The molecule has 0 amide bonds. The van der Waals surface area contributed by atoms with Crippen molar-refractivity contribution in [2.24, 2.45) is 0 Å². The lowest BCUT2D eigenvalue weighted by Crippen LogP contribution is -2.64. The molecule has 1 aliphatic carbocycles. The molecule has 13 nitrogen and oxygen atoms in total. The Labute approximate surface area is 373 Å². The Hall–Kier alpha value is -2.19. The van der Waals surface area contributed by atoms with Crippen LogP contribution in [-0.4, -0.2) is 98.3 Å². The van der Waals surface area contributed by atoms with Crippen LogP contribution in [0.15, 0.2) is 48.6 Å². The molecule has 0 aliphatic heterocycles. The van der Waals surface area contributed by atoms with Gasteiger partial charge in [-0.15, -0.1) is 0 Å². The van der Waals surface area contributed by atoms with Crippen LogP contribution >= 0.6 is 7.82 Å². The monoisotopic (exact) mass is 901 g/mol. The van der Waals surface area contributed by atoms with E-state index in [1.165, 1.54) is 89.9 Å². The average Bonchev–Trinajstić information content (AvgIpc) is 3.25. The van der Waals surface area contributed by atoms with E-state index in [9.17, 15) is 44.6 Å². The molecule has 0 radical (unpaired) electrons. The van der Waals surface area contributed by atoms with Gasteiger partial charge in [-0.1, -0.05) is 172 Å². The standard InChI is InChI=1S/C48H85O13P/c1-3-5-7-9-11-13-15-17-19-21-23-24-26-28-30-32-34-36-41(49)58-38-40(39-59-62(56,57)61-48-46(54)44(52)43(51)45(53)47(48)55)60-42(50)37-35-33-31-29-27-25-22-20-18-16-14-12-10-8-6-4-2/h11,13,17,19,23-24,28,30,40,43-48,51-55H,3-10,12,14-16,18,20-22,25-27,29,31-39H2,1-2H3,(H,56,57)/b13-11-,19-17-,24-23-,30-28-/t40-,43?,44-,45?,46?,47?,48?/m1/s1. The summed E-state index contributed by atoms with van der Waals surface area (Å²) in [5, 5.41) is 50.2. The van der Waals surface area contributed by atoms with E-state index in [1.54, 1.807) is 0 Å². The molecule has 14 heteroatoms. The molecule has 0 bridgehead atoms. The van der Waals surface area contributed by atoms with Crippen molar-refractivity contribution in [3.8, 4) is 0 Å². The maximum Gasteiger partial charge on any atom is 0.472 e. The summed E-state index contributed by atoms with van der Waals surface area (Å²) in [6.07, 6.45) is 31.7. The van der Waals surface area contributed by atoms with Gasteiger partial charge in [-0.05, 0) is 51.4 Å². The Morgan fingerprint density at radius 2 is 0.887 bits per heavy atom. The van der Waals surface area contributed by atoms with Gasteiger partial charge in [0.05, 0.1) is 6.61 Å². The molecule has 360 valence electrons. The number of hydrogen-bond donors (Lipinski definition) is 6. The van der Waals surface area contributed by atoms with Gasteiger partial charge in [-0.25, -0.2) is 4.57 Å². The lowest BCUT2D eigenvalue weighted by atomic mass is 9.85. The molecule has 0 aromatic carbocycles. The Morgan fingerprint density at radius 1 is 0.500 bits per heavy atom. The minimum atomic E-state index is -5.13. The van der Waals surface area contributed by atoms with E-state index in [0.29, 0.717) is 19.3 Å². The van der Waals surface area contributed by atoms with Crippen LogP contribution in [0.2, 0.25) is 0 Å². The average molecular weight is 901 g/mol. The van der Waals surface area contributed by atoms with Gasteiger partial charge in [0.1, 0.15) is 43.2 Å². The summed E-state index contributed by atoms with van der Waals surface area (Å²) in [6.45, 7) is 3.23. The quantitative estimate of drug-likeness (QED) is 0.0147. The molecule has 0 spiro atoms. The van der Waals surface area contributed by atoms with E-state index < -0.39 is 75.7 Å². The van der Waals surface area contributed by atoms with Crippen molar-refractivity contribution in [2.45, 2.75) is 230 Å². The molecule has 1 saturated carbocycles. The minimum Gasteiger partial charge on any atom is -0.462 e. The molecule has 1 rings (SSSR count). The summed E-state index contributed by atoms with van der Waals surface area (Å²) in [6, 6.07) is 0. The fourth-order valence-corrected chi connectivity index (χ4v) is 8.02. The van der Waals surface area contributed by atoms with E-state index in [-0.39, 0.29) is 12.8 Å². The van der Waals surface area contributed by atoms with Gasteiger partial charge in [-0.3, -0.25) is 18.6 Å². The highest BCUT2D eigenvalue weighted by Gasteiger charge is 2.51. The summed E-state index contributed by atoms with van der Waals surface area (Å²) >= 11 is 0. The summed E-state index contributed by atoms with van der Waals surface area (Å²) in [5.74, 6) is -1.16. The highest BCUT2D eigenvalue weighted by molar-refractivity contribution is 7.47. The van der Waals surface area contributed by atoms with Crippen LogP contribution < -0.4 is 0 Å². The number of unbranched alkanes of at least 4 members (excludes halogenated alkanes) is 19. The van der Waals surface area contributed by atoms with Gasteiger partial charge >= 0.3 is 19.8 Å². The molecule has 62 heavy (non-hydrogen) atoms. The Bertz CT molecular complexity index is 1270. The third kappa shape index (κ3) is 30.0. The van der Waals surface area contributed by atoms with E-state index in [2.05, 4.69) is 50.3 Å². The maximum atomic E-state index is 12.8. The number of aliphatic hydroxyl groups excluding tert-OH is 5. The zero-order valence-electron chi connectivity index (χ0n) is 38.2. The molecule has 0 saturated heterocycles. The molecule has 6 unspecified atom stereocenters. The zero-order chi connectivity index (χ0) is 45.7. The third-order valence-corrected chi connectivity index (χ3v) is 11.9. The largest absolute Gasteiger partial charge is 0.472 e. The molecule has 1 aliphatic rings. The van der Waals surface area contributed by atoms with Crippen LogP contribution in [0, 0.1) is 0 Å². The van der Waals surface area contributed by atoms with Gasteiger partial charge < -0.3 is 39.9 Å². The topological polar surface area (TPSA) is 210 Å². The minimum absolute atomic E-state index is 0.0871. The summed E-state index contributed by atoms with van der Waals surface area (Å²) in [4.78, 5) is 35.7. The molecular formula is C48H85O13P. The summed E-state index contributed by atoms with van der Waals surface area (Å²) in [5.41, 5.74) is 0. The summed E-state index contributed by atoms with van der Waals surface area (Å²) in [7, 11) is -5.13. The van der Waals surface area contributed by atoms with Crippen molar-refractivity contribution in [1.29, 1.82) is 0 Å². The van der Waals surface area contributed by atoms with E-state index >= 15 is 0 Å². The number of aliphatic hydroxyl groups is 5. The first-order chi connectivity index (χ1) is 29.9. The first-order valence-corrected chi connectivity index (χ1v) is 25.4. The van der Waals surface area contributed by atoms with Crippen molar-refractivity contribution in [3.05, 3.63) is 48.6 Å². The predicted molar refractivity (Wildman–Crippen MR) is 244 cm³/mol. The van der Waals surface area contributed by atoms with Gasteiger partial charge in [0, 0.05) is 12.8 Å². The zero-order valence-corrected chi connectivity index (χ0v) is 39.0. The molecular weight excluding hydrogens is 815 g/mol. The number of rotatable bonds is 39. The van der Waals surface area contributed by atoms with Crippen LogP contribution in [0.3, 0.4) is 0 Å². The molecule has 8 atom stereocenters. The maximum absolute atomic E-state index is 12.8.